The van der Waals surface area contributed by atoms with Crippen molar-refractivity contribution in [2.24, 2.45) is 11.8 Å². The highest BCUT2D eigenvalue weighted by molar-refractivity contribution is 7.86. The van der Waals surface area contributed by atoms with Gasteiger partial charge in [-0.3, -0.25) is 14.6 Å². The van der Waals surface area contributed by atoms with E-state index in [4.69, 9.17) is 0 Å². The summed E-state index contributed by atoms with van der Waals surface area (Å²) in [5.41, 5.74) is 0.876. The van der Waals surface area contributed by atoms with Crippen molar-refractivity contribution in [3.8, 4) is 0 Å². The Morgan fingerprint density at radius 2 is 1.59 bits per heavy atom. The number of benzene rings is 1. The van der Waals surface area contributed by atoms with Gasteiger partial charge in [0.15, 0.2) is 0 Å². The van der Waals surface area contributed by atoms with Crippen molar-refractivity contribution in [1.29, 1.82) is 0 Å². The second kappa shape index (κ2) is 12.1. The van der Waals surface area contributed by atoms with Crippen molar-refractivity contribution in [2.75, 3.05) is 32.7 Å². The molecule has 2 aromatic rings. The maximum absolute atomic E-state index is 13.5. The van der Waals surface area contributed by atoms with Gasteiger partial charge in [0, 0.05) is 51.7 Å². The first-order valence-corrected chi connectivity index (χ1v) is 15.3. The number of hydrogen-bond donors (Lipinski definition) is 1. The molecular formula is C28H34F3N5O4S. The third kappa shape index (κ3) is 6.73. The molecule has 1 aromatic carbocycles. The van der Waals surface area contributed by atoms with E-state index in [0.717, 1.165) is 24.1 Å². The molecule has 3 fully saturated rings. The normalized spacial score (nSPS) is 22.9. The molecule has 0 spiro atoms. The largest absolute Gasteiger partial charge is 0.416 e. The predicted molar refractivity (Wildman–Crippen MR) is 144 cm³/mol. The van der Waals surface area contributed by atoms with Crippen molar-refractivity contribution in [1.82, 2.24) is 23.8 Å². The first-order valence-electron chi connectivity index (χ1n) is 13.9. The Bertz CT molecular complexity index is 1330. The molecule has 3 saturated heterocycles. The van der Waals surface area contributed by atoms with E-state index < -0.39 is 33.9 Å². The summed E-state index contributed by atoms with van der Waals surface area (Å²) in [5, 5.41) is 2.74. The van der Waals surface area contributed by atoms with Crippen LogP contribution in [0.2, 0.25) is 0 Å². The first-order chi connectivity index (χ1) is 19.5. The molecule has 9 nitrogen and oxygen atoms in total. The van der Waals surface area contributed by atoms with Crippen LogP contribution in [-0.4, -0.2) is 77.5 Å². The minimum atomic E-state index is -4.43. The molecular weight excluding hydrogens is 559 g/mol. The summed E-state index contributed by atoms with van der Waals surface area (Å²) in [4.78, 5) is 32.0. The highest BCUT2D eigenvalue weighted by Crippen LogP contribution is 2.31. The molecule has 0 saturated carbocycles. The zero-order valence-electron chi connectivity index (χ0n) is 22.6. The van der Waals surface area contributed by atoms with Crippen molar-refractivity contribution in [3.63, 3.8) is 0 Å². The Labute approximate surface area is 237 Å². The molecule has 2 amide bonds. The zero-order valence-corrected chi connectivity index (χ0v) is 23.4. The highest BCUT2D eigenvalue weighted by Gasteiger charge is 2.44. The van der Waals surface area contributed by atoms with E-state index in [-0.39, 0.29) is 30.8 Å². The van der Waals surface area contributed by atoms with E-state index >= 15 is 0 Å². The van der Waals surface area contributed by atoms with Crippen LogP contribution in [0.3, 0.4) is 0 Å². The fourth-order valence-corrected chi connectivity index (χ4v) is 7.72. The summed E-state index contributed by atoms with van der Waals surface area (Å²) >= 11 is 0. The summed E-state index contributed by atoms with van der Waals surface area (Å²) in [6.45, 7) is 1.77. The number of nitrogens with one attached hydrogen (secondary N) is 1. The van der Waals surface area contributed by atoms with Crippen LogP contribution in [0.1, 0.15) is 42.4 Å². The van der Waals surface area contributed by atoms with Gasteiger partial charge in [0.05, 0.1) is 11.5 Å². The van der Waals surface area contributed by atoms with E-state index in [1.807, 2.05) is 12.1 Å². The number of pyridine rings is 1. The number of carbonyl (C=O) groups excluding carboxylic acids is 2. The minimum absolute atomic E-state index is 0.0446. The lowest BCUT2D eigenvalue weighted by Gasteiger charge is -2.43. The Morgan fingerprint density at radius 1 is 0.902 bits per heavy atom. The monoisotopic (exact) mass is 593 g/mol. The second-order valence-corrected chi connectivity index (χ2v) is 13.0. The van der Waals surface area contributed by atoms with Crippen molar-refractivity contribution in [3.05, 3.63) is 65.5 Å². The SMILES string of the molecule is O=C(NCc1ccc(C(F)(F)F)cc1)[C@H]1CCCN1C(=O)[C@H]1CCCN(S(=O)(=O)N2CC(Cc3ccncc3)C2)C1. The Hall–Kier alpha value is -3.03. The third-order valence-corrected chi connectivity index (χ3v) is 10.1. The summed E-state index contributed by atoms with van der Waals surface area (Å²) in [7, 11) is -3.69. The van der Waals surface area contributed by atoms with Crippen LogP contribution in [0.4, 0.5) is 13.2 Å². The lowest BCUT2D eigenvalue weighted by Crippen LogP contribution is -2.58. The maximum Gasteiger partial charge on any atom is 0.416 e. The van der Waals surface area contributed by atoms with Gasteiger partial charge in [-0.25, -0.2) is 0 Å². The number of amides is 2. The van der Waals surface area contributed by atoms with Crippen LogP contribution in [0, 0.1) is 11.8 Å². The second-order valence-electron chi connectivity index (χ2n) is 11.0. The molecule has 41 heavy (non-hydrogen) atoms. The predicted octanol–water partition coefficient (Wildman–Crippen LogP) is 2.84. The molecule has 222 valence electrons. The van der Waals surface area contributed by atoms with Gasteiger partial charge >= 0.3 is 6.18 Å². The van der Waals surface area contributed by atoms with E-state index in [1.54, 1.807) is 12.4 Å². The summed E-state index contributed by atoms with van der Waals surface area (Å²) in [6.07, 6.45) is 2.03. The van der Waals surface area contributed by atoms with Gasteiger partial charge in [0.2, 0.25) is 11.8 Å². The van der Waals surface area contributed by atoms with E-state index in [9.17, 15) is 31.2 Å². The topological polar surface area (TPSA) is 103 Å². The molecule has 1 aromatic heterocycles. The van der Waals surface area contributed by atoms with Gasteiger partial charge in [-0.2, -0.15) is 30.2 Å². The number of alkyl halides is 3. The van der Waals surface area contributed by atoms with Crippen molar-refractivity contribution >= 4 is 22.0 Å². The number of nitrogens with zero attached hydrogens (tertiary/aromatic N) is 4. The number of piperidine rings is 1. The molecule has 0 unspecified atom stereocenters. The average molecular weight is 594 g/mol. The molecule has 0 bridgehead atoms. The zero-order chi connectivity index (χ0) is 29.2. The molecule has 3 aliphatic heterocycles. The number of hydrogen-bond acceptors (Lipinski definition) is 5. The lowest BCUT2D eigenvalue weighted by molar-refractivity contribution is -0.142. The molecule has 2 atom stereocenters. The van der Waals surface area contributed by atoms with Crippen LogP contribution in [0.5, 0.6) is 0 Å². The molecule has 5 rings (SSSR count). The van der Waals surface area contributed by atoms with Crippen LogP contribution < -0.4 is 5.32 Å². The molecule has 0 radical (unpaired) electrons. The highest BCUT2D eigenvalue weighted by atomic mass is 32.2. The lowest BCUT2D eigenvalue weighted by atomic mass is 9.95. The standard InChI is InChI=1S/C28H34F3N5O4S/c29-28(30,31)24-7-5-21(6-8-24)16-33-26(37)25-4-2-14-36(25)27(38)23-3-1-13-34(19-23)41(39,40)35-17-22(18-35)15-20-9-11-32-12-10-20/h5-12,22-23,25H,1-4,13-19H2,(H,33,37)/t23-,25+/m0/s1. The molecule has 1 N–H and O–H groups in total. The van der Waals surface area contributed by atoms with E-state index in [0.29, 0.717) is 57.4 Å². The summed E-state index contributed by atoms with van der Waals surface area (Å²) in [6, 6.07) is 7.74. The maximum atomic E-state index is 13.5. The Balaban J connectivity index is 1.14. The first kappa shape index (κ1) is 29.5. The smallest absolute Gasteiger partial charge is 0.350 e. The number of halogens is 3. The molecule has 4 heterocycles. The molecule has 13 heteroatoms. The van der Waals surface area contributed by atoms with Gasteiger partial charge < -0.3 is 10.2 Å². The molecule has 3 aliphatic rings. The van der Waals surface area contributed by atoms with E-state index in [1.165, 1.54) is 25.6 Å². The number of rotatable bonds is 8. The van der Waals surface area contributed by atoms with Crippen LogP contribution in [0.25, 0.3) is 0 Å². The summed E-state index contributed by atoms with van der Waals surface area (Å²) in [5.74, 6) is -0.885. The van der Waals surface area contributed by atoms with Crippen LogP contribution in [0.15, 0.2) is 48.8 Å². The summed E-state index contributed by atoms with van der Waals surface area (Å²) < 4.78 is 67.9. The Morgan fingerprint density at radius 3 is 2.27 bits per heavy atom. The van der Waals surface area contributed by atoms with Crippen molar-refractivity contribution < 1.29 is 31.2 Å². The van der Waals surface area contributed by atoms with Crippen molar-refractivity contribution in [2.45, 2.75) is 50.9 Å². The fourth-order valence-electron chi connectivity index (χ4n) is 5.87. The van der Waals surface area contributed by atoms with Crippen LogP contribution in [-0.2, 0) is 38.9 Å². The minimum Gasteiger partial charge on any atom is -0.350 e. The number of likely N-dealkylation sites (tertiary alicyclic amines) is 1. The van der Waals surface area contributed by atoms with Gasteiger partial charge in [-0.05, 0) is 73.4 Å². The van der Waals surface area contributed by atoms with Gasteiger partial charge in [0.25, 0.3) is 10.2 Å². The van der Waals surface area contributed by atoms with Gasteiger partial charge in [0.1, 0.15) is 6.04 Å². The average Bonchev–Trinajstić information content (AvgIpc) is 3.43. The third-order valence-electron chi connectivity index (χ3n) is 8.17. The quantitative estimate of drug-likeness (QED) is 0.507. The number of aromatic nitrogens is 1. The van der Waals surface area contributed by atoms with Crippen LogP contribution >= 0.6 is 0 Å². The number of carbonyl (C=O) groups is 2. The van der Waals surface area contributed by atoms with Gasteiger partial charge in [-0.1, -0.05) is 12.1 Å². The fraction of sp³-hybridized carbons (Fsp3) is 0.536. The molecule has 0 aliphatic carbocycles. The van der Waals surface area contributed by atoms with Gasteiger partial charge in [-0.15, -0.1) is 0 Å². The van der Waals surface area contributed by atoms with E-state index in [2.05, 4.69) is 10.3 Å². The Kier molecular flexibility index (Phi) is 8.67.